The highest BCUT2D eigenvalue weighted by molar-refractivity contribution is 5.66. The highest BCUT2D eigenvalue weighted by Crippen LogP contribution is 1.84. The molecule has 0 atom stereocenters. The average molecular weight is 222 g/mol. The summed E-state index contributed by atoms with van der Waals surface area (Å²) in [6.07, 6.45) is 0. The minimum absolute atomic E-state index is 0.0760. The molecule has 0 heterocycles. The lowest BCUT2D eigenvalue weighted by atomic mass is 10.8. The van der Waals surface area contributed by atoms with Crippen molar-refractivity contribution in [2.45, 2.75) is 13.8 Å². The third kappa shape index (κ3) is 12.8. The molecule has 0 saturated carbocycles. The Balaban J connectivity index is 2.99. The van der Waals surface area contributed by atoms with Crippen LogP contribution in [0.4, 0.5) is 0 Å². The largest absolute Gasteiger partial charge is 0.439 e. The van der Waals surface area contributed by atoms with Gasteiger partial charge in [0.2, 0.25) is 0 Å². The third-order valence-electron chi connectivity index (χ3n) is 1.02. The molecule has 88 valence electrons. The van der Waals surface area contributed by atoms with Crippen molar-refractivity contribution in [3.05, 3.63) is 0 Å². The Kier molecular flexibility index (Phi) is 8.64. The molecular formula is C8H14O7. The molecule has 0 saturated heterocycles. The first-order chi connectivity index (χ1) is 7.13. The van der Waals surface area contributed by atoms with Gasteiger partial charge >= 0.3 is 11.9 Å². The van der Waals surface area contributed by atoms with Crippen molar-refractivity contribution in [3.63, 3.8) is 0 Å². The smallest absolute Gasteiger partial charge is 0.304 e. The van der Waals surface area contributed by atoms with E-state index in [1.54, 1.807) is 0 Å². The maximum Gasteiger partial charge on any atom is 0.304 e. The fraction of sp³-hybridized carbons (Fsp3) is 0.750. The SMILES string of the molecule is CC(=O)OCOCOCOCOC(C)=O. The number of hydrogen-bond donors (Lipinski definition) is 0. The first-order valence-electron chi connectivity index (χ1n) is 4.13. The zero-order chi connectivity index (χ0) is 11.5. The Morgan fingerprint density at radius 1 is 0.733 bits per heavy atom. The van der Waals surface area contributed by atoms with Gasteiger partial charge in [0.1, 0.15) is 0 Å². The van der Waals surface area contributed by atoms with Gasteiger partial charge in [0.25, 0.3) is 0 Å². The van der Waals surface area contributed by atoms with E-state index in [0.717, 1.165) is 0 Å². The predicted molar refractivity (Wildman–Crippen MR) is 46.3 cm³/mol. The van der Waals surface area contributed by atoms with Crippen molar-refractivity contribution >= 4 is 11.9 Å². The van der Waals surface area contributed by atoms with E-state index < -0.39 is 11.9 Å². The highest BCUT2D eigenvalue weighted by atomic mass is 16.8. The van der Waals surface area contributed by atoms with Gasteiger partial charge in [0, 0.05) is 13.8 Å². The van der Waals surface area contributed by atoms with E-state index in [1.807, 2.05) is 0 Å². The summed E-state index contributed by atoms with van der Waals surface area (Å²) in [5, 5.41) is 0. The van der Waals surface area contributed by atoms with Gasteiger partial charge in [-0.15, -0.1) is 0 Å². The predicted octanol–water partition coefficient (Wildman–Crippen LogP) is -0.00760. The van der Waals surface area contributed by atoms with Gasteiger partial charge in [0.15, 0.2) is 27.2 Å². The molecule has 0 unspecified atom stereocenters. The summed E-state index contributed by atoms with van der Waals surface area (Å²) in [5.74, 6) is -0.859. The van der Waals surface area contributed by atoms with Crippen LogP contribution in [0, 0.1) is 0 Å². The molecule has 0 aromatic rings. The van der Waals surface area contributed by atoms with Gasteiger partial charge in [-0.2, -0.15) is 0 Å². The summed E-state index contributed by atoms with van der Waals surface area (Å²) >= 11 is 0. The minimum atomic E-state index is -0.430. The minimum Gasteiger partial charge on any atom is -0.439 e. The van der Waals surface area contributed by atoms with E-state index in [9.17, 15) is 9.59 Å². The topological polar surface area (TPSA) is 80.3 Å². The van der Waals surface area contributed by atoms with Crippen LogP contribution in [-0.2, 0) is 33.3 Å². The fourth-order valence-corrected chi connectivity index (χ4v) is 0.469. The Hall–Kier alpha value is -1.18. The van der Waals surface area contributed by atoms with Crippen LogP contribution in [-0.4, -0.2) is 39.1 Å². The summed E-state index contributed by atoms with van der Waals surface area (Å²) < 4.78 is 23.1. The fourth-order valence-electron chi connectivity index (χ4n) is 0.469. The molecular weight excluding hydrogens is 208 g/mol. The molecule has 0 aliphatic rings. The van der Waals surface area contributed by atoms with E-state index in [1.165, 1.54) is 13.8 Å². The van der Waals surface area contributed by atoms with E-state index in [2.05, 4.69) is 9.47 Å². The number of carbonyl (C=O) groups excluding carboxylic acids is 2. The van der Waals surface area contributed by atoms with Gasteiger partial charge in [-0.05, 0) is 0 Å². The molecule has 0 aliphatic heterocycles. The van der Waals surface area contributed by atoms with Crippen molar-refractivity contribution in [1.29, 1.82) is 0 Å². The second-order valence-corrected chi connectivity index (χ2v) is 2.36. The standard InChI is InChI=1S/C8H14O7/c1-7(9)14-5-12-3-11-4-13-6-15-8(2)10/h3-6H2,1-2H3. The zero-order valence-electron chi connectivity index (χ0n) is 8.69. The molecule has 0 aromatic heterocycles. The molecule has 0 rings (SSSR count). The molecule has 15 heavy (non-hydrogen) atoms. The van der Waals surface area contributed by atoms with Crippen LogP contribution in [0.15, 0.2) is 0 Å². The van der Waals surface area contributed by atoms with Gasteiger partial charge in [-0.1, -0.05) is 0 Å². The van der Waals surface area contributed by atoms with Crippen LogP contribution in [0.25, 0.3) is 0 Å². The van der Waals surface area contributed by atoms with Crippen molar-refractivity contribution in [2.24, 2.45) is 0 Å². The van der Waals surface area contributed by atoms with Gasteiger partial charge < -0.3 is 23.7 Å². The monoisotopic (exact) mass is 222 g/mol. The average Bonchev–Trinajstić information content (AvgIpc) is 2.14. The maximum atomic E-state index is 10.3. The molecule has 0 radical (unpaired) electrons. The molecule has 7 nitrogen and oxygen atoms in total. The van der Waals surface area contributed by atoms with Crippen LogP contribution < -0.4 is 0 Å². The number of esters is 2. The van der Waals surface area contributed by atoms with Crippen LogP contribution in [0.2, 0.25) is 0 Å². The number of hydrogen-bond acceptors (Lipinski definition) is 7. The molecule has 0 aromatic carbocycles. The Labute approximate surface area is 87.2 Å². The van der Waals surface area contributed by atoms with Crippen molar-refractivity contribution in [2.75, 3.05) is 27.2 Å². The lowest BCUT2D eigenvalue weighted by Gasteiger charge is -2.06. The van der Waals surface area contributed by atoms with E-state index in [4.69, 9.17) is 14.2 Å². The second kappa shape index (κ2) is 9.38. The molecule has 0 amide bonds. The number of rotatable bonds is 8. The molecule has 7 heteroatoms. The van der Waals surface area contributed by atoms with Crippen LogP contribution in [0.1, 0.15) is 13.8 Å². The Morgan fingerprint density at radius 3 is 1.40 bits per heavy atom. The molecule has 0 aliphatic carbocycles. The van der Waals surface area contributed by atoms with Crippen molar-refractivity contribution in [3.8, 4) is 0 Å². The van der Waals surface area contributed by atoms with Gasteiger partial charge in [0.05, 0.1) is 0 Å². The van der Waals surface area contributed by atoms with E-state index >= 15 is 0 Å². The van der Waals surface area contributed by atoms with Crippen LogP contribution in [0.3, 0.4) is 0 Å². The quantitative estimate of drug-likeness (QED) is 0.324. The lowest BCUT2D eigenvalue weighted by Crippen LogP contribution is -2.11. The number of ether oxygens (including phenoxy) is 5. The molecule has 0 fully saturated rings. The van der Waals surface area contributed by atoms with Gasteiger partial charge in [-0.3, -0.25) is 9.59 Å². The summed E-state index contributed by atoms with van der Waals surface area (Å²) in [5.41, 5.74) is 0. The summed E-state index contributed by atoms with van der Waals surface area (Å²) in [6.45, 7) is 2.05. The van der Waals surface area contributed by atoms with E-state index in [-0.39, 0.29) is 27.2 Å². The van der Waals surface area contributed by atoms with E-state index in [0.29, 0.717) is 0 Å². The highest BCUT2D eigenvalue weighted by Gasteiger charge is 1.94. The number of carbonyl (C=O) groups is 2. The lowest BCUT2D eigenvalue weighted by molar-refractivity contribution is -0.196. The van der Waals surface area contributed by atoms with Crippen LogP contribution in [0.5, 0.6) is 0 Å². The molecule has 0 bridgehead atoms. The first-order valence-corrected chi connectivity index (χ1v) is 4.13. The Morgan fingerprint density at radius 2 is 1.07 bits per heavy atom. The van der Waals surface area contributed by atoms with Gasteiger partial charge in [-0.25, -0.2) is 0 Å². The van der Waals surface area contributed by atoms with Crippen molar-refractivity contribution < 1.29 is 33.3 Å². The normalized spacial score (nSPS) is 9.73. The second-order valence-electron chi connectivity index (χ2n) is 2.36. The van der Waals surface area contributed by atoms with Crippen molar-refractivity contribution in [1.82, 2.24) is 0 Å². The summed E-state index contributed by atoms with van der Waals surface area (Å²) in [7, 11) is 0. The molecule has 0 N–H and O–H groups in total. The summed E-state index contributed by atoms with van der Waals surface area (Å²) in [6, 6.07) is 0. The van der Waals surface area contributed by atoms with Crippen LogP contribution >= 0.6 is 0 Å². The summed E-state index contributed by atoms with van der Waals surface area (Å²) in [4.78, 5) is 20.5. The molecule has 0 spiro atoms. The third-order valence-corrected chi connectivity index (χ3v) is 1.02. The first kappa shape index (κ1) is 13.8. The Bertz CT molecular complexity index is 171. The zero-order valence-corrected chi connectivity index (χ0v) is 8.69. The maximum absolute atomic E-state index is 10.3.